The van der Waals surface area contributed by atoms with Gasteiger partial charge in [0.15, 0.2) is 6.61 Å². The Hall–Kier alpha value is -3.55. The summed E-state index contributed by atoms with van der Waals surface area (Å²) in [5, 5.41) is 11.4. The number of aromatic nitrogens is 2. The van der Waals surface area contributed by atoms with Crippen LogP contribution in [0.4, 0.5) is 0 Å². The van der Waals surface area contributed by atoms with Gasteiger partial charge in [0.2, 0.25) is 5.91 Å². The first-order chi connectivity index (χ1) is 13.5. The predicted molar refractivity (Wildman–Crippen MR) is 103 cm³/mol. The van der Waals surface area contributed by atoms with E-state index in [1.807, 2.05) is 31.2 Å². The Labute approximate surface area is 161 Å². The minimum Gasteiger partial charge on any atom is -0.482 e. The van der Waals surface area contributed by atoms with E-state index in [1.165, 1.54) is 4.57 Å². The quantitative estimate of drug-likeness (QED) is 0.615. The molecule has 0 bridgehead atoms. The number of ether oxygens (including phenoxy) is 1. The lowest BCUT2D eigenvalue weighted by Crippen LogP contribution is -2.32. The molecule has 0 fully saturated rings. The van der Waals surface area contributed by atoms with E-state index in [-0.39, 0.29) is 24.7 Å². The van der Waals surface area contributed by atoms with Crippen molar-refractivity contribution in [2.75, 3.05) is 6.61 Å². The van der Waals surface area contributed by atoms with Crippen LogP contribution in [-0.2, 0) is 29.2 Å². The molecule has 2 N–H and O–H groups in total. The highest BCUT2D eigenvalue weighted by Gasteiger charge is 2.14. The summed E-state index contributed by atoms with van der Waals surface area (Å²) in [5.41, 5.74) is 2.06. The summed E-state index contributed by atoms with van der Waals surface area (Å²) >= 11 is 0. The molecular weight excluding hydrogens is 362 g/mol. The highest BCUT2D eigenvalue weighted by Crippen LogP contribution is 2.14. The lowest BCUT2D eigenvalue weighted by molar-refractivity contribution is -0.139. The van der Waals surface area contributed by atoms with Crippen molar-refractivity contribution >= 4 is 22.9 Å². The van der Waals surface area contributed by atoms with Gasteiger partial charge in [-0.2, -0.15) is 0 Å². The number of aliphatic carboxylic acids is 1. The molecule has 1 heterocycles. The fourth-order valence-corrected chi connectivity index (χ4v) is 3.02. The molecule has 1 amide bonds. The van der Waals surface area contributed by atoms with Crippen molar-refractivity contribution in [3.8, 4) is 5.75 Å². The molecule has 146 valence electrons. The lowest BCUT2D eigenvalue weighted by atomic mass is 10.2. The second kappa shape index (κ2) is 8.43. The zero-order chi connectivity index (χ0) is 20.1. The van der Waals surface area contributed by atoms with Gasteiger partial charge in [-0.3, -0.25) is 13.9 Å². The summed E-state index contributed by atoms with van der Waals surface area (Å²) in [6.07, 6.45) is 0. The number of hydrogen-bond acceptors (Lipinski definition) is 4. The molecule has 8 nitrogen and oxygen atoms in total. The molecule has 3 aromatic rings. The third kappa shape index (κ3) is 4.22. The highest BCUT2D eigenvalue weighted by molar-refractivity contribution is 5.81. The van der Waals surface area contributed by atoms with E-state index >= 15 is 0 Å². The van der Waals surface area contributed by atoms with Crippen LogP contribution >= 0.6 is 0 Å². The van der Waals surface area contributed by atoms with Crippen molar-refractivity contribution in [1.82, 2.24) is 14.5 Å². The van der Waals surface area contributed by atoms with Gasteiger partial charge in [0.05, 0.1) is 11.0 Å². The largest absolute Gasteiger partial charge is 0.482 e. The second-order valence-corrected chi connectivity index (χ2v) is 6.21. The van der Waals surface area contributed by atoms with Gasteiger partial charge in [-0.1, -0.05) is 24.3 Å². The maximum atomic E-state index is 12.6. The van der Waals surface area contributed by atoms with Gasteiger partial charge < -0.3 is 15.2 Å². The van der Waals surface area contributed by atoms with Crippen LogP contribution in [0, 0.1) is 0 Å². The molecular formula is C20H21N3O5. The number of carbonyl (C=O) groups excluding carboxylic acids is 1. The van der Waals surface area contributed by atoms with Crippen molar-refractivity contribution < 1.29 is 19.4 Å². The van der Waals surface area contributed by atoms with E-state index in [9.17, 15) is 14.4 Å². The van der Waals surface area contributed by atoms with Gasteiger partial charge in [-0.25, -0.2) is 9.59 Å². The Morgan fingerprint density at radius 3 is 2.46 bits per heavy atom. The van der Waals surface area contributed by atoms with E-state index in [2.05, 4.69) is 5.32 Å². The van der Waals surface area contributed by atoms with E-state index in [0.29, 0.717) is 17.8 Å². The molecule has 28 heavy (non-hydrogen) atoms. The fraction of sp³-hybridized carbons (Fsp3) is 0.250. The van der Waals surface area contributed by atoms with Crippen molar-refractivity contribution in [3.63, 3.8) is 0 Å². The summed E-state index contributed by atoms with van der Waals surface area (Å²) in [5.74, 6) is -0.940. The molecule has 0 saturated carbocycles. The Kier molecular flexibility index (Phi) is 5.78. The minimum atomic E-state index is -1.06. The van der Waals surface area contributed by atoms with Crippen LogP contribution in [-0.4, -0.2) is 32.7 Å². The number of carbonyl (C=O) groups is 2. The SMILES string of the molecule is CCn1c(=O)n(CC(=O)NCc2cccc(OCC(=O)O)c2)c2ccccc21. The highest BCUT2D eigenvalue weighted by atomic mass is 16.5. The number of carboxylic acid groups (broad SMARTS) is 1. The number of para-hydroxylation sites is 2. The van der Waals surface area contributed by atoms with Crippen molar-refractivity contribution in [2.45, 2.75) is 26.6 Å². The molecule has 0 aliphatic heterocycles. The molecule has 2 aromatic carbocycles. The number of aryl methyl sites for hydroxylation is 1. The van der Waals surface area contributed by atoms with Crippen molar-refractivity contribution in [3.05, 3.63) is 64.6 Å². The number of fused-ring (bicyclic) bond motifs is 1. The molecule has 0 aliphatic rings. The van der Waals surface area contributed by atoms with Gasteiger partial charge in [0, 0.05) is 13.1 Å². The van der Waals surface area contributed by atoms with Gasteiger partial charge in [-0.15, -0.1) is 0 Å². The summed E-state index contributed by atoms with van der Waals surface area (Å²) in [4.78, 5) is 35.6. The number of imidazole rings is 1. The number of nitrogens with zero attached hydrogens (tertiary/aromatic N) is 2. The number of hydrogen-bond donors (Lipinski definition) is 2. The Morgan fingerprint density at radius 2 is 1.79 bits per heavy atom. The van der Waals surface area contributed by atoms with Crippen LogP contribution in [0.1, 0.15) is 12.5 Å². The summed E-state index contributed by atoms with van der Waals surface area (Å²) in [6, 6.07) is 14.2. The second-order valence-electron chi connectivity index (χ2n) is 6.21. The maximum absolute atomic E-state index is 12.6. The number of carboxylic acids is 1. The lowest BCUT2D eigenvalue weighted by Gasteiger charge is -2.08. The van der Waals surface area contributed by atoms with E-state index in [0.717, 1.165) is 11.1 Å². The first-order valence-electron chi connectivity index (χ1n) is 8.88. The predicted octanol–water partition coefficient (Wildman–Crippen LogP) is 1.60. The fourth-order valence-electron chi connectivity index (χ4n) is 3.02. The summed E-state index contributed by atoms with van der Waals surface area (Å²) in [6.45, 7) is 2.14. The molecule has 0 saturated heterocycles. The normalized spacial score (nSPS) is 10.8. The van der Waals surface area contributed by atoms with Crippen LogP contribution < -0.4 is 15.7 Å². The van der Waals surface area contributed by atoms with Crippen LogP contribution in [0.15, 0.2) is 53.3 Å². The molecule has 8 heteroatoms. The molecule has 0 unspecified atom stereocenters. The van der Waals surface area contributed by atoms with E-state index in [4.69, 9.17) is 9.84 Å². The molecule has 0 aliphatic carbocycles. The topological polar surface area (TPSA) is 103 Å². The summed E-state index contributed by atoms with van der Waals surface area (Å²) in [7, 11) is 0. The monoisotopic (exact) mass is 383 g/mol. The van der Waals surface area contributed by atoms with Crippen LogP contribution in [0.2, 0.25) is 0 Å². The number of amides is 1. The first kappa shape index (κ1) is 19.2. The third-order valence-corrected chi connectivity index (χ3v) is 4.29. The van der Waals surface area contributed by atoms with E-state index in [1.54, 1.807) is 28.8 Å². The Bertz CT molecular complexity index is 1070. The van der Waals surface area contributed by atoms with Crippen molar-refractivity contribution in [1.29, 1.82) is 0 Å². The first-order valence-corrected chi connectivity index (χ1v) is 8.88. The number of benzene rings is 2. The van der Waals surface area contributed by atoms with Crippen LogP contribution in [0.3, 0.4) is 0 Å². The summed E-state index contributed by atoms with van der Waals surface area (Å²) < 4.78 is 8.22. The smallest absolute Gasteiger partial charge is 0.341 e. The molecule has 0 spiro atoms. The number of rotatable bonds is 8. The minimum absolute atomic E-state index is 0.0818. The van der Waals surface area contributed by atoms with Gasteiger partial charge in [0.25, 0.3) is 0 Å². The zero-order valence-electron chi connectivity index (χ0n) is 15.4. The van der Waals surface area contributed by atoms with Crippen LogP contribution in [0.25, 0.3) is 11.0 Å². The molecule has 0 radical (unpaired) electrons. The molecule has 1 aromatic heterocycles. The Balaban J connectivity index is 1.68. The average molecular weight is 383 g/mol. The maximum Gasteiger partial charge on any atom is 0.341 e. The average Bonchev–Trinajstić information content (AvgIpc) is 2.96. The third-order valence-electron chi connectivity index (χ3n) is 4.29. The van der Waals surface area contributed by atoms with Gasteiger partial charge in [0.1, 0.15) is 12.3 Å². The molecule has 3 rings (SSSR count). The Morgan fingerprint density at radius 1 is 1.07 bits per heavy atom. The standard InChI is InChI=1S/C20H21N3O5/c1-2-22-16-8-3-4-9-17(16)23(20(22)27)12-18(24)21-11-14-6-5-7-15(10-14)28-13-19(25)26/h3-10H,2,11-13H2,1H3,(H,21,24)(H,25,26). The van der Waals surface area contributed by atoms with Crippen molar-refractivity contribution in [2.24, 2.45) is 0 Å². The van der Waals surface area contributed by atoms with Crippen LogP contribution in [0.5, 0.6) is 5.75 Å². The van der Waals surface area contributed by atoms with Gasteiger partial charge in [-0.05, 0) is 36.8 Å². The molecule has 0 atom stereocenters. The van der Waals surface area contributed by atoms with Gasteiger partial charge >= 0.3 is 11.7 Å². The number of nitrogens with one attached hydrogen (secondary N) is 1. The zero-order valence-corrected chi connectivity index (χ0v) is 15.4. The van der Waals surface area contributed by atoms with E-state index < -0.39 is 12.6 Å².